The molecule has 3 N–H and O–H groups in total. The van der Waals surface area contributed by atoms with Crippen molar-refractivity contribution < 1.29 is 9.59 Å². The van der Waals surface area contributed by atoms with Gasteiger partial charge in [-0.15, -0.1) is 12.3 Å². The van der Waals surface area contributed by atoms with E-state index in [4.69, 9.17) is 12.2 Å². The minimum atomic E-state index is -0.520. The van der Waals surface area contributed by atoms with Crippen molar-refractivity contribution in [3.05, 3.63) is 0 Å². The third-order valence-electron chi connectivity index (χ3n) is 1.46. The van der Waals surface area contributed by atoms with E-state index in [1.807, 2.05) is 0 Å². The van der Waals surface area contributed by atoms with Gasteiger partial charge in [0.2, 0.25) is 5.91 Å². The zero-order chi connectivity index (χ0) is 9.14. The summed E-state index contributed by atoms with van der Waals surface area (Å²) >= 11 is 0.902. The van der Waals surface area contributed by atoms with Crippen molar-refractivity contribution in [2.45, 2.75) is 17.7 Å². The van der Waals surface area contributed by atoms with Crippen LogP contribution in [0.25, 0.3) is 0 Å². The Balaban J connectivity index is 2.59. The first-order valence-corrected chi connectivity index (χ1v) is 4.23. The number of hydrogen-bond acceptors (Lipinski definition) is 4. The summed E-state index contributed by atoms with van der Waals surface area (Å²) in [5, 5.41) is 1.27. The molecule has 1 rings (SSSR count). The third kappa shape index (κ3) is 1.78. The number of nitrogens with one attached hydrogen (secondary N) is 1. The first-order valence-electron chi connectivity index (χ1n) is 3.35. The van der Waals surface area contributed by atoms with Crippen LogP contribution in [0.1, 0.15) is 6.42 Å². The minimum Gasteiger partial charge on any atom is -0.325 e. The Morgan fingerprint density at radius 2 is 2.42 bits per heavy atom. The van der Waals surface area contributed by atoms with Gasteiger partial charge in [-0.25, -0.2) is 0 Å². The fourth-order valence-corrected chi connectivity index (χ4v) is 1.72. The van der Waals surface area contributed by atoms with Crippen LogP contribution in [0.2, 0.25) is 0 Å². The number of amides is 2. The highest BCUT2D eigenvalue weighted by molar-refractivity contribution is 8.15. The van der Waals surface area contributed by atoms with Gasteiger partial charge in [0.05, 0.1) is 0 Å². The Hall–Kier alpha value is -0.990. The Morgan fingerprint density at radius 1 is 1.75 bits per heavy atom. The van der Waals surface area contributed by atoms with E-state index in [1.54, 1.807) is 0 Å². The lowest BCUT2D eigenvalue weighted by Gasteiger charge is -2.10. The second kappa shape index (κ2) is 3.61. The van der Waals surface area contributed by atoms with Crippen LogP contribution >= 0.6 is 11.8 Å². The van der Waals surface area contributed by atoms with Gasteiger partial charge in [0, 0.05) is 12.5 Å². The molecule has 2 amide bonds. The molecule has 1 aliphatic heterocycles. The maximum Gasteiger partial charge on any atom is 0.286 e. The lowest BCUT2D eigenvalue weighted by molar-refractivity contribution is -0.119. The van der Waals surface area contributed by atoms with Crippen LogP contribution in [0.5, 0.6) is 0 Å². The third-order valence-corrected chi connectivity index (χ3v) is 2.59. The van der Waals surface area contributed by atoms with Crippen LogP contribution in [0.15, 0.2) is 0 Å². The summed E-state index contributed by atoms with van der Waals surface area (Å²) in [6.45, 7) is 0. The number of nitrogens with two attached hydrogens (primary N) is 1. The first kappa shape index (κ1) is 9.10. The van der Waals surface area contributed by atoms with E-state index >= 15 is 0 Å². The summed E-state index contributed by atoms with van der Waals surface area (Å²) in [4.78, 5) is 21.7. The molecule has 0 aromatic carbocycles. The number of terminal acetylenes is 1. The van der Waals surface area contributed by atoms with Gasteiger partial charge in [-0.2, -0.15) is 0 Å². The molecule has 1 aliphatic rings. The fourth-order valence-electron chi connectivity index (χ4n) is 0.895. The SMILES string of the molecule is C#CCC(N)C1SC(=O)NC1=O. The summed E-state index contributed by atoms with van der Waals surface area (Å²) in [6, 6.07) is -0.438. The summed E-state index contributed by atoms with van der Waals surface area (Å²) in [7, 11) is 0. The smallest absolute Gasteiger partial charge is 0.286 e. The number of rotatable bonds is 2. The van der Waals surface area contributed by atoms with Crippen LogP contribution in [0, 0.1) is 12.3 Å². The predicted octanol–water partition coefficient (Wildman–Crippen LogP) is -0.311. The van der Waals surface area contributed by atoms with Gasteiger partial charge in [-0.05, 0) is 11.8 Å². The van der Waals surface area contributed by atoms with E-state index in [-0.39, 0.29) is 11.1 Å². The molecule has 4 nitrogen and oxygen atoms in total. The van der Waals surface area contributed by atoms with Crippen molar-refractivity contribution >= 4 is 22.9 Å². The quantitative estimate of drug-likeness (QED) is 0.577. The molecule has 0 aromatic rings. The van der Waals surface area contributed by atoms with Crippen molar-refractivity contribution in [3.8, 4) is 12.3 Å². The van der Waals surface area contributed by atoms with Crippen LogP contribution in [-0.2, 0) is 4.79 Å². The Labute approximate surface area is 74.3 Å². The Bertz CT molecular complexity index is 259. The number of hydrogen-bond donors (Lipinski definition) is 2. The Kier molecular flexibility index (Phi) is 2.74. The molecule has 0 aromatic heterocycles. The van der Waals surface area contributed by atoms with E-state index in [9.17, 15) is 9.59 Å². The molecule has 64 valence electrons. The predicted molar refractivity (Wildman–Crippen MR) is 46.3 cm³/mol. The van der Waals surface area contributed by atoms with E-state index in [0.717, 1.165) is 11.8 Å². The molecule has 0 saturated carbocycles. The zero-order valence-electron chi connectivity index (χ0n) is 6.24. The average Bonchev–Trinajstić information content (AvgIpc) is 2.30. The lowest BCUT2D eigenvalue weighted by Crippen LogP contribution is -2.38. The molecular formula is C7H8N2O2S. The topological polar surface area (TPSA) is 72.2 Å². The highest BCUT2D eigenvalue weighted by atomic mass is 32.2. The maximum atomic E-state index is 11.0. The van der Waals surface area contributed by atoms with Crippen molar-refractivity contribution in [2.24, 2.45) is 5.73 Å². The highest BCUT2D eigenvalue weighted by Crippen LogP contribution is 2.22. The van der Waals surface area contributed by atoms with Crippen molar-refractivity contribution in [1.29, 1.82) is 0 Å². The molecule has 1 heterocycles. The molecule has 0 bridgehead atoms. The molecule has 1 fully saturated rings. The second-order valence-corrected chi connectivity index (χ2v) is 3.50. The van der Waals surface area contributed by atoms with Crippen molar-refractivity contribution in [3.63, 3.8) is 0 Å². The van der Waals surface area contributed by atoms with Gasteiger partial charge in [-0.3, -0.25) is 14.9 Å². The zero-order valence-corrected chi connectivity index (χ0v) is 7.06. The summed E-state index contributed by atoms with van der Waals surface area (Å²) in [5.41, 5.74) is 5.57. The van der Waals surface area contributed by atoms with Gasteiger partial charge in [-0.1, -0.05) is 0 Å². The molecule has 0 spiro atoms. The summed E-state index contributed by atoms with van der Waals surface area (Å²) in [6.07, 6.45) is 5.33. The van der Waals surface area contributed by atoms with Gasteiger partial charge >= 0.3 is 0 Å². The first-order chi connectivity index (χ1) is 5.65. The molecule has 0 radical (unpaired) electrons. The molecule has 2 unspecified atom stereocenters. The van der Waals surface area contributed by atoms with E-state index < -0.39 is 11.3 Å². The Morgan fingerprint density at radius 3 is 2.83 bits per heavy atom. The van der Waals surface area contributed by atoms with Gasteiger partial charge < -0.3 is 5.73 Å². The summed E-state index contributed by atoms with van der Waals surface area (Å²) in [5.74, 6) is 2.01. The van der Waals surface area contributed by atoms with Gasteiger partial charge in [0.1, 0.15) is 5.25 Å². The molecular weight excluding hydrogens is 176 g/mol. The van der Waals surface area contributed by atoms with Crippen LogP contribution in [0.4, 0.5) is 4.79 Å². The average molecular weight is 184 g/mol. The molecule has 5 heteroatoms. The minimum absolute atomic E-state index is 0.304. The van der Waals surface area contributed by atoms with Crippen molar-refractivity contribution in [1.82, 2.24) is 5.32 Å². The fraction of sp³-hybridized carbons (Fsp3) is 0.429. The van der Waals surface area contributed by atoms with Crippen LogP contribution in [-0.4, -0.2) is 22.4 Å². The lowest BCUT2D eigenvalue weighted by atomic mass is 10.1. The van der Waals surface area contributed by atoms with Crippen LogP contribution < -0.4 is 11.1 Å². The van der Waals surface area contributed by atoms with Gasteiger partial charge in [0.15, 0.2) is 0 Å². The van der Waals surface area contributed by atoms with E-state index in [0.29, 0.717) is 6.42 Å². The monoisotopic (exact) mass is 184 g/mol. The molecule has 12 heavy (non-hydrogen) atoms. The highest BCUT2D eigenvalue weighted by Gasteiger charge is 2.35. The second-order valence-electron chi connectivity index (χ2n) is 2.39. The maximum absolute atomic E-state index is 11.0. The van der Waals surface area contributed by atoms with Crippen molar-refractivity contribution in [2.75, 3.05) is 0 Å². The number of thioether (sulfide) groups is 1. The summed E-state index contributed by atoms with van der Waals surface area (Å²) < 4.78 is 0. The largest absolute Gasteiger partial charge is 0.325 e. The van der Waals surface area contributed by atoms with Crippen LogP contribution in [0.3, 0.4) is 0 Å². The standard InChI is InChI=1S/C7H8N2O2S/c1-2-3-4(8)5-6(10)9-7(11)12-5/h1,4-5H,3,8H2,(H,9,10,11). The number of carbonyl (C=O) groups is 2. The molecule has 2 atom stereocenters. The molecule has 0 aliphatic carbocycles. The van der Waals surface area contributed by atoms with E-state index in [1.165, 1.54) is 0 Å². The molecule has 1 saturated heterocycles. The number of imide groups is 1. The van der Waals surface area contributed by atoms with Gasteiger partial charge in [0.25, 0.3) is 5.24 Å². The van der Waals surface area contributed by atoms with E-state index in [2.05, 4.69) is 11.2 Å². The normalized spacial score (nSPS) is 24.8. The number of carbonyl (C=O) groups excluding carboxylic acids is 2.